The quantitative estimate of drug-likeness (QED) is 0.510. The van der Waals surface area contributed by atoms with Crippen LogP contribution in [0.3, 0.4) is 0 Å². The predicted molar refractivity (Wildman–Crippen MR) is 45.7 cm³/mol. The third kappa shape index (κ3) is 2.20. The van der Waals surface area contributed by atoms with E-state index in [1.54, 1.807) is 19.4 Å². The van der Waals surface area contributed by atoms with Crippen LogP contribution in [0.2, 0.25) is 0 Å². The van der Waals surface area contributed by atoms with Gasteiger partial charge in [-0.2, -0.15) is 0 Å². The zero-order chi connectivity index (χ0) is 8.10. The molecule has 0 N–H and O–H groups in total. The van der Waals surface area contributed by atoms with Crippen LogP contribution in [0.25, 0.3) is 6.08 Å². The fourth-order valence-electron chi connectivity index (χ4n) is 0.656. The minimum absolute atomic E-state index is 0.737. The van der Waals surface area contributed by atoms with Gasteiger partial charge >= 0.3 is 0 Å². The normalized spacial score (nSPS) is 10.3. The Morgan fingerprint density at radius 3 is 2.73 bits per heavy atom. The third-order valence-corrected chi connectivity index (χ3v) is 2.11. The summed E-state index contributed by atoms with van der Waals surface area (Å²) in [6.07, 6.45) is 4.24. The molecule has 0 saturated heterocycles. The lowest BCUT2D eigenvalue weighted by atomic mass is 10.4. The molecule has 0 radical (unpaired) electrons. The van der Waals surface area contributed by atoms with Crippen molar-refractivity contribution >= 4 is 23.7 Å². The molecule has 0 saturated carbocycles. The highest BCUT2D eigenvalue weighted by atomic mass is 32.1. The highest BCUT2D eigenvalue weighted by molar-refractivity contribution is 7.14. The molecule has 0 atom stereocenters. The molecule has 0 aliphatic rings. The van der Waals surface area contributed by atoms with Crippen LogP contribution < -0.4 is 0 Å². The van der Waals surface area contributed by atoms with Gasteiger partial charge in [-0.1, -0.05) is 0 Å². The first-order chi connectivity index (χ1) is 5.36. The summed E-state index contributed by atoms with van der Waals surface area (Å²) in [7, 11) is 1.59. The SMILES string of the molecule is CO/C=C/c1ccc(C=O)s1. The van der Waals surface area contributed by atoms with Crippen molar-refractivity contribution in [2.24, 2.45) is 0 Å². The highest BCUT2D eigenvalue weighted by Crippen LogP contribution is 2.15. The summed E-state index contributed by atoms with van der Waals surface area (Å²) in [5.74, 6) is 0. The molecule has 0 aliphatic heterocycles. The van der Waals surface area contributed by atoms with Crippen LogP contribution in [0.1, 0.15) is 14.5 Å². The zero-order valence-electron chi connectivity index (χ0n) is 6.11. The first-order valence-corrected chi connectivity index (χ1v) is 3.93. The van der Waals surface area contributed by atoms with Crippen LogP contribution >= 0.6 is 11.3 Å². The van der Waals surface area contributed by atoms with Crippen LogP contribution in [0.5, 0.6) is 0 Å². The van der Waals surface area contributed by atoms with Crippen molar-refractivity contribution in [3.05, 3.63) is 28.1 Å². The minimum Gasteiger partial charge on any atom is -0.504 e. The maximum absolute atomic E-state index is 10.2. The van der Waals surface area contributed by atoms with Crippen molar-refractivity contribution in [1.29, 1.82) is 0 Å². The standard InChI is InChI=1S/C8H8O2S/c1-10-5-4-7-2-3-8(6-9)11-7/h2-6H,1H3/b5-4+. The molecule has 1 rings (SSSR count). The Labute approximate surface area is 69.1 Å². The van der Waals surface area contributed by atoms with Gasteiger partial charge in [0, 0.05) is 4.88 Å². The number of aldehydes is 1. The van der Waals surface area contributed by atoms with Gasteiger partial charge in [-0.15, -0.1) is 11.3 Å². The van der Waals surface area contributed by atoms with Crippen molar-refractivity contribution in [3.63, 3.8) is 0 Å². The van der Waals surface area contributed by atoms with Crippen molar-refractivity contribution < 1.29 is 9.53 Å². The second-order valence-corrected chi connectivity index (χ2v) is 3.04. The number of carbonyl (C=O) groups excluding carboxylic acids is 1. The molecule has 1 aromatic rings. The van der Waals surface area contributed by atoms with E-state index in [1.165, 1.54) is 11.3 Å². The Bertz CT molecular complexity index is 263. The largest absolute Gasteiger partial charge is 0.504 e. The molecular formula is C8H8O2S. The first kappa shape index (κ1) is 8.01. The van der Waals surface area contributed by atoms with Crippen LogP contribution in [0, 0.1) is 0 Å². The van der Waals surface area contributed by atoms with E-state index in [2.05, 4.69) is 0 Å². The maximum atomic E-state index is 10.2. The molecular weight excluding hydrogens is 160 g/mol. The van der Waals surface area contributed by atoms with Crippen LogP contribution in [-0.4, -0.2) is 13.4 Å². The molecule has 3 heteroatoms. The van der Waals surface area contributed by atoms with E-state index in [1.807, 2.05) is 12.1 Å². The van der Waals surface area contributed by atoms with Gasteiger partial charge in [-0.3, -0.25) is 4.79 Å². The summed E-state index contributed by atoms with van der Waals surface area (Å²) < 4.78 is 4.73. The van der Waals surface area contributed by atoms with E-state index in [0.717, 1.165) is 16.0 Å². The third-order valence-electron chi connectivity index (χ3n) is 1.13. The number of ether oxygens (including phenoxy) is 1. The molecule has 0 unspecified atom stereocenters. The minimum atomic E-state index is 0.737. The molecule has 58 valence electrons. The van der Waals surface area contributed by atoms with Gasteiger partial charge in [-0.25, -0.2) is 0 Å². The monoisotopic (exact) mass is 168 g/mol. The Hall–Kier alpha value is -1.09. The van der Waals surface area contributed by atoms with Gasteiger partial charge in [0.15, 0.2) is 6.29 Å². The number of rotatable bonds is 3. The van der Waals surface area contributed by atoms with Gasteiger partial charge in [0.25, 0.3) is 0 Å². The summed E-state index contributed by atoms with van der Waals surface area (Å²) in [4.78, 5) is 12.0. The topological polar surface area (TPSA) is 26.3 Å². The predicted octanol–water partition coefficient (Wildman–Crippen LogP) is 2.18. The second-order valence-electron chi connectivity index (χ2n) is 1.90. The number of methoxy groups -OCH3 is 1. The van der Waals surface area contributed by atoms with Gasteiger partial charge in [0.1, 0.15) is 0 Å². The lowest BCUT2D eigenvalue weighted by molar-refractivity contribution is 0.112. The van der Waals surface area contributed by atoms with E-state index in [-0.39, 0.29) is 0 Å². The van der Waals surface area contributed by atoms with Crippen LogP contribution in [0.15, 0.2) is 18.4 Å². The molecule has 11 heavy (non-hydrogen) atoms. The average molecular weight is 168 g/mol. The lowest BCUT2D eigenvalue weighted by Gasteiger charge is -1.83. The van der Waals surface area contributed by atoms with Crippen molar-refractivity contribution in [2.45, 2.75) is 0 Å². The zero-order valence-corrected chi connectivity index (χ0v) is 6.93. The fraction of sp³-hybridized carbons (Fsp3) is 0.125. The van der Waals surface area contributed by atoms with Crippen molar-refractivity contribution in [1.82, 2.24) is 0 Å². The Kier molecular flexibility index (Phi) is 2.86. The Morgan fingerprint density at radius 2 is 2.18 bits per heavy atom. The van der Waals surface area contributed by atoms with E-state index >= 15 is 0 Å². The molecule has 0 spiro atoms. The summed E-state index contributed by atoms with van der Waals surface area (Å²) in [5, 5.41) is 0. The van der Waals surface area contributed by atoms with Crippen LogP contribution in [-0.2, 0) is 4.74 Å². The highest BCUT2D eigenvalue weighted by Gasteiger charge is 1.93. The molecule has 0 bridgehead atoms. The molecule has 0 fully saturated rings. The first-order valence-electron chi connectivity index (χ1n) is 3.11. The summed E-state index contributed by atoms with van der Waals surface area (Å²) >= 11 is 1.44. The number of hydrogen-bond donors (Lipinski definition) is 0. The maximum Gasteiger partial charge on any atom is 0.160 e. The average Bonchev–Trinajstić information content (AvgIpc) is 2.48. The number of thiophene rings is 1. The van der Waals surface area contributed by atoms with E-state index in [0.29, 0.717) is 0 Å². The van der Waals surface area contributed by atoms with Crippen LogP contribution in [0.4, 0.5) is 0 Å². The van der Waals surface area contributed by atoms with E-state index in [9.17, 15) is 4.79 Å². The van der Waals surface area contributed by atoms with E-state index < -0.39 is 0 Å². The van der Waals surface area contributed by atoms with Gasteiger partial charge < -0.3 is 4.74 Å². The van der Waals surface area contributed by atoms with Gasteiger partial charge in [-0.05, 0) is 18.2 Å². The number of hydrogen-bond acceptors (Lipinski definition) is 3. The summed E-state index contributed by atoms with van der Waals surface area (Å²) in [6.45, 7) is 0. The lowest BCUT2D eigenvalue weighted by Crippen LogP contribution is -1.63. The second kappa shape index (κ2) is 3.93. The fourth-order valence-corrected chi connectivity index (χ4v) is 1.37. The molecule has 1 heterocycles. The molecule has 0 amide bonds. The molecule has 0 aliphatic carbocycles. The van der Waals surface area contributed by atoms with Crippen molar-refractivity contribution in [3.8, 4) is 0 Å². The molecule has 2 nitrogen and oxygen atoms in total. The van der Waals surface area contributed by atoms with Gasteiger partial charge in [0.05, 0.1) is 18.2 Å². The number of carbonyl (C=O) groups is 1. The summed E-state index contributed by atoms with van der Waals surface area (Å²) in [6, 6.07) is 3.66. The molecule has 1 aromatic heterocycles. The smallest absolute Gasteiger partial charge is 0.160 e. The van der Waals surface area contributed by atoms with Gasteiger partial charge in [0.2, 0.25) is 0 Å². The van der Waals surface area contributed by atoms with Crippen molar-refractivity contribution in [2.75, 3.05) is 7.11 Å². The summed E-state index contributed by atoms with van der Waals surface area (Å²) in [5.41, 5.74) is 0. The Balaban J connectivity index is 2.72. The van der Waals surface area contributed by atoms with E-state index in [4.69, 9.17) is 4.74 Å². The Morgan fingerprint density at radius 1 is 1.45 bits per heavy atom. The molecule has 0 aromatic carbocycles.